The molecule has 0 fully saturated rings. The number of halogens is 1. The molecule has 0 unspecified atom stereocenters. The highest BCUT2D eigenvalue weighted by molar-refractivity contribution is 5.40. The van der Waals surface area contributed by atoms with Crippen LogP contribution in [-0.4, -0.2) is 9.78 Å². The topological polar surface area (TPSA) is 43.8 Å². The van der Waals surface area contributed by atoms with Crippen molar-refractivity contribution in [1.82, 2.24) is 9.78 Å². The van der Waals surface area contributed by atoms with Gasteiger partial charge in [0.2, 0.25) is 0 Å². The van der Waals surface area contributed by atoms with Gasteiger partial charge in [-0.1, -0.05) is 0 Å². The summed E-state index contributed by atoms with van der Waals surface area (Å²) in [5, 5.41) is 4.26. The van der Waals surface area contributed by atoms with Gasteiger partial charge < -0.3 is 5.73 Å². The first-order valence-corrected chi connectivity index (χ1v) is 4.72. The van der Waals surface area contributed by atoms with E-state index in [1.807, 2.05) is 19.2 Å². The second-order valence-corrected chi connectivity index (χ2v) is 3.38. The molecule has 2 aromatic rings. The smallest absolute Gasteiger partial charge is 0.123 e. The third kappa shape index (κ3) is 1.89. The quantitative estimate of drug-likeness (QED) is 0.812. The number of hydrogen-bond acceptors (Lipinski definition) is 2. The van der Waals surface area contributed by atoms with Gasteiger partial charge in [-0.2, -0.15) is 5.10 Å². The number of benzene rings is 1. The van der Waals surface area contributed by atoms with Crippen molar-refractivity contribution >= 4 is 0 Å². The predicted molar refractivity (Wildman–Crippen MR) is 56.2 cm³/mol. The molecule has 0 amide bonds. The van der Waals surface area contributed by atoms with E-state index in [0.29, 0.717) is 6.54 Å². The van der Waals surface area contributed by atoms with Gasteiger partial charge in [0.05, 0.1) is 11.4 Å². The van der Waals surface area contributed by atoms with Crippen LogP contribution in [0, 0.1) is 12.7 Å². The zero-order valence-electron chi connectivity index (χ0n) is 8.44. The van der Waals surface area contributed by atoms with Crippen LogP contribution < -0.4 is 5.73 Å². The van der Waals surface area contributed by atoms with E-state index in [1.54, 1.807) is 10.7 Å². The average Bonchev–Trinajstić information content (AvgIpc) is 2.64. The third-order valence-electron chi connectivity index (χ3n) is 2.23. The lowest BCUT2D eigenvalue weighted by atomic mass is 10.2. The third-order valence-corrected chi connectivity index (χ3v) is 2.23. The molecule has 4 heteroatoms. The van der Waals surface area contributed by atoms with Crippen LogP contribution in [-0.2, 0) is 6.54 Å². The van der Waals surface area contributed by atoms with E-state index in [-0.39, 0.29) is 5.82 Å². The zero-order chi connectivity index (χ0) is 10.8. The van der Waals surface area contributed by atoms with Crippen LogP contribution in [0.4, 0.5) is 4.39 Å². The maximum atomic E-state index is 13.0. The van der Waals surface area contributed by atoms with E-state index in [1.165, 1.54) is 12.1 Å². The Balaban J connectivity index is 2.52. The van der Waals surface area contributed by atoms with Gasteiger partial charge in [-0.25, -0.2) is 9.07 Å². The first-order valence-electron chi connectivity index (χ1n) is 4.72. The van der Waals surface area contributed by atoms with Gasteiger partial charge >= 0.3 is 0 Å². The lowest BCUT2D eigenvalue weighted by Gasteiger charge is -2.07. The highest BCUT2D eigenvalue weighted by Gasteiger charge is 2.05. The predicted octanol–water partition coefficient (Wildman–Crippen LogP) is 1.78. The molecule has 0 bridgehead atoms. The van der Waals surface area contributed by atoms with Crippen molar-refractivity contribution in [2.75, 3.05) is 0 Å². The van der Waals surface area contributed by atoms with Gasteiger partial charge in [0, 0.05) is 12.7 Å². The lowest BCUT2D eigenvalue weighted by Crippen LogP contribution is -2.05. The normalized spacial score (nSPS) is 10.6. The van der Waals surface area contributed by atoms with Crippen molar-refractivity contribution < 1.29 is 4.39 Å². The molecule has 1 heterocycles. The minimum atomic E-state index is -0.275. The average molecular weight is 205 g/mol. The Morgan fingerprint density at radius 3 is 2.80 bits per heavy atom. The van der Waals surface area contributed by atoms with Gasteiger partial charge in [0.15, 0.2) is 0 Å². The van der Waals surface area contributed by atoms with Crippen LogP contribution in [0.25, 0.3) is 5.69 Å². The van der Waals surface area contributed by atoms with Crippen LogP contribution >= 0.6 is 0 Å². The summed E-state index contributed by atoms with van der Waals surface area (Å²) in [6.07, 6.45) is 1.84. The first-order chi connectivity index (χ1) is 7.20. The fraction of sp³-hybridized carbons (Fsp3) is 0.182. The minimum absolute atomic E-state index is 0.275. The molecular weight excluding hydrogens is 193 g/mol. The highest BCUT2D eigenvalue weighted by atomic mass is 19.1. The number of hydrogen-bond donors (Lipinski definition) is 1. The van der Waals surface area contributed by atoms with Crippen molar-refractivity contribution in [3.63, 3.8) is 0 Å². The minimum Gasteiger partial charge on any atom is -0.326 e. The summed E-state index contributed by atoms with van der Waals surface area (Å²) in [5.41, 5.74) is 8.05. The van der Waals surface area contributed by atoms with Gasteiger partial charge in [0.25, 0.3) is 0 Å². The number of aryl methyl sites for hydroxylation is 1. The Morgan fingerprint density at radius 1 is 1.40 bits per heavy atom. The zero-order valence-corrected chi connectivity index (χ0v) is 8.44. The largest absolute Gasteiger partial charge is 0.326 e. The molecule has 15 heavy (non-hydrogen) atoms. The molecule has 2 rings (SSSR count). The summed E-state index contributed by atoms with van der Waals surface area (Å²) in [7, 11) is 0. The number of aromatic nitrogens is 2. The molecule has 1 aromatic heterocycles. The summed E-state index contributed by atoms with van der Waals surface area (Å²) in [4.78, 5) is 0. The molecule has 2 N–H and O–H groups in total. The Hall–Kier alpha value is -1.68. The van der Waals surface area contributed by atoms with Crippen molar-refractivity contribution in [1.29, 1.82) is 0 Å². The Kier molecular flexibility index (Phi) is 2.51. The summed E-state index contributed by atoms with van der Waals surface area (Å²) in [5.74, 6) is -0.275. The van der Waals surface area contributed by atoms with Crippen LogP contribution in [0.2, 0.25) is 0 Å². The fourth-order valence-electron chi connectivity index (χ4n) is 1.49. The molecular formula is C11H12FN3. The molecule has 0 aliphatic rings. The SMILES string of the molecule is Cc1ccn(-c2ccc(F)cc2CN)n1. The maximum absolute atomic E-state index is 13.0. The number of nitrogens with two attached hydrogens (primary N) is 1. The molecule has 3 nitrogen and oxygen atoms in total. The summed E-state index contributed by atoms with van der Waals surface area (Å²) >= 11 is 0. The highest BCUT2D eigenvalue weighted by Crippen LogP contribution is 2.15. The molecule has 78 valence electrons. The van der Waals surface area contributed by atoms with Crippen LogP contribution in [0.5, 0.6) is 0 Å². The van der Waals surface area contributed by atoms with Crippen molar-refractivity contribution in [2.45, 2.75) is 13.5 Å². The van der Waals surface area contributed by atoms with E-state index in [0.717, 1.165) is 16.9 Å². The number of rotatable bonds is 2. The summed E-state index contributed by atoms with van der Waals surface area (Å²) < 4.78 is 14.7. The van der Waals surface area contributed by atoms with Crippen molar-refractivity contribution in [2.24, 2.45) is 5.73 Å². The first kappa shape index (κ1) is 9.86. The Labute approximate surface area is 87.3 Å². The number of nitrogens with zero attached hydrogens (tertiary/aromatic N) is 2. The van der Waals surface area contributed by atoms with Crippen molar-refractivity contribution in [3.05, 3.63) is 47.5 Å². The molecule has 0 saturated carbocycles. The van der Waals surface area contributed by atoms with Gasteiger partial charge in [-0.15, -0.1) is 0 Å². The van der Waals surface area contributed by atoms with E-state index in [4.69, 9.17) is 5.73 Å². The molecule has 0 radical (unpaired) electrons. The van der Waals surface area contributed by atoms with Gasteiger partial charge in [-0.05, 0) is 36.8 Å². The molecule has 0 aliphatic carbocycles. The van der Waals surface area contributed by atoms with Crippen LogP contribution in [0.1, 0.15) is 11.3 Å². The molecule has 0 atom stereocenters. The van der Waals surface area contributed by atoms with Crippen molar-refractivity contribution in [3.8, 4) is 5.69 Å². The summed E-state index contributed by atoms with van der Waals surface area (Å²) in [6.45, 7) is 2.20. The van der Waals surface area contributed by atoms with Gasteiger partial charge in [-0.3, -0.25) is 0 Å². The second-order valence-electron chi connectivity index (χ2n) is 3.38. The molecule has 1 aromatic carbocycles. The van der Waals surface area contributed by atoms with E-state index < -0.39 is 0 Å². The fourth-order valence-corrected chi connectivity index (χ4v) is 1.49. The lowest BCUT2D eigenvalue weighted by molar-refractivity contribution is 0.624. The Bertz CT molecular complexity index is 476. The maximum Gasteiger partial charge on any atom is 0.123 e. The van der Waals surface area contributed by atoms with Gasteiger partial charge in [0.1, 0.15) is 5.82 Å². The van der Waals surface area contributed by atoms with E-state index >= 15 is 0 Å². The second kappa shape index (κ2) is 3.82. The standard InChI is InChI=1S/C11H12FN3/c1-8-4-5-15(14-8)11-3-2-10(12)6-9(11)7-13/h2-6H,7,13H2,1H3. The molecule has 0 spiro atoms. The Morgan fingerprint density at radius 2 is 2.20 bits per heavy atom. The van der Waals surface area contributed by atoms with E-state index in [9.17, 15) is 4.39 Å². The summed E-state index contributed by atoms with van der Waals surface area (Å²) in [6, 6.07) is 6.42. The van der Waals surface area contributed by atoms with E-state index in [2.05, 4.69) is 5.10 Å². The monoisotopic (exact) mass is 205 g/mol. The molecule has 0 aliphatic heterocycles. The van der Waals surface area contributed by atoms with Crippen LogP contribution in [0.3, 0.4) is 0 Å². The van der Waals surface area contributed by atoms with Crippen LogP contribution in [0.15, 0.2) is 30.5 Å². The molecule has 0 saturated heterocycles.